The zero-order valence-electron chi connectivity index (χ0n) is 22.4. The lowest BCUT2D eigenvalue weighted by molar-refractivity contribution is -0.136. The van der Waals surface area contributed by atoms with Crippen LogP contribution in [-0.4, -0.2) is 69.3 Å². The van der Waals surface area contributed by atoms with Crippen LogP contribution in [0.5, 0.6) is 0 Å². The molecule has 40 heavy (non-hydrogen) atoms. The molecule has 8 nitrogen and oxygen atoms in total. The quantitative estimate of drug-likeness (QED) is 0.184. The van der Waals surface area contributed by atoms with Gasteiger partial charge in [-0.25, -0.2) is 4.98 Å². The largest absolute Gasteiger partial charge is 0.393 e. The Morgan fingerprint density at radius 2 is 1.90 bits per heavy atom. The first-order valence-electron chi connectivity index (χ1n) is 12.3. The van der Waals surface area contributed by atoms with Crippen LogP contribution in [0.1, 0.15) is 49.2 Å². The van der Waals surface area contributed by atoms with Gasteiger partial charge in [0.25, 0.3) is 5.91 Å². The molecule has 2 rings (SSSR count). The molecule has 14 heteroatoms. The number of aliphatic imine (C=N–C) groups is 1. The van der Waals surface area contributed by atoms with Crippen molar-refractivity contribution < 1.29 is 33.0 Å². The van der Waals surface area contributed by atoms with Gasteiger partial charge in [-0.2, -0.15) is 13.2 Å². The van der Waals surface area contributed by atoms with Gasteiger partial charge in [0.15, 0.2) is 0 Å². The van der Waals surface area contributed by atoms with Gasteiger partial charge in [-0.05, 0) is 44.6 Å². The highest BCUT2D eigenvalue weighted by Gasteiger charge is 2.30. The number of hydrogen-bond donors (Lipinski definition) is 4. The van der Waals surface area contributed by atoms with Crippen molar-refractivity contribution in [3.8, 4) is 10.6 Å². The van der Waals surface area contributed by atoms with Gasteiger partial charge < -0.3 is 20.8 Å². The van der Waals surface area contributed by atoms with Crippen LogP contribution < -0.4 is 10.6 Å². The average molecular weight is 623 g/mol. The molecular weight excluding hydrogens is 589 g/mol. The summed E-state index contributed by atoms with van der Waals surface area (Å²) in [6.07, 6.45) is -2.25. The predicted molar refractivity (Wildman–Crippen MR) is 156 cm³/mol. The number of nitrogens with zero attached hydrogens (tertiary/aromatic N) is 2. The second-order valence-electron chi connectivity index (χ2n) is 8.46. The van der Waals surface area contributed by atoms with Gasteiger partial charge in [0, 0.05) is 23.2 Å². The van der Waals surface area contributed by atoms with Crippen LogP contribution in [0.2, 0.25) is 5.02 Å². The van der Waals surface area contributed by atoms with Crippen LogP contribution in [-0.2, 0) is 4.79 Å². The van der Waals surface area contributed by atoms with Crippen LogP contribution in [0.4, 0.5) is 13.2 Å². The Labute approximate surface area is 245 Å². The van der Waals surface area contributed by atoms with Gasteiger partial charge in [0.05, 0.1) is 24.9 Å². The van der Waals surface area contributed by atoms with Crippen molar-refractivity contribution in [3.63, 3.8) is 0 Å². The molecule has 0 aliphatic carbocycles. The topological polar surface area (TPSA) is 124 Å². The average Bonchev–Trinajstić information content (AvgIpc) is 3.40. The number of aliphatic hydroxyl groups is 2. The molecule has 1 aromatic carbocycles. The number of alkyl halides is 3. The molecule has 3 unspecified atom stereocenters. The van der Waals surface area contributed by atoms with Crippen molar-refractivity contribution in [2.24, 2.45) is 4.99 Å². The number of hydrogen-bond acceptors (Lipinski definition) is 8. The molecule has 1 heterocycles. The number of benzene rings is 1. The van der Waals surface area contributed by atoms with Crippen LogP contribution in [0.15, 0.2) is 48.2 Å². The maximum atomic E-state index is 12.6. The molecule has 2 aromatic rings. The molecule has 0 saturated carbocycles. The molecule has 0 aliphatic heterocycles. The Hall–Kier alpha value is -2.45. The fourth-order valence-electron chi connectivity index (χ4n) is 2.95. The number of nitrogens with one attached hydrogen (secondary N) is 2. The Balaban J connectivity index is 0.00000146. The molecule has 0 radical (unpaired) electrons. The predicted octanol–water partition coefficient (Wildman–Crippen LogP) is 5.45. The fourth-order valence-corrected chi connectivity index (χ4v) is 4.50. The van der Waals surface area contributed by atoms with Gasteiger partial charge in [-0.3, -0.25) is 14.6 Å². The third kappa shape index (κ3) is 13.8. The smallest absolute Gasteiger partial charge is 0.389 e. The van der Waals surface area contributed by atoms with Gasteiger partial charge in [-0.1, -0.05) is 37.2 Å². The Morgan fingerprint density at radius 3 is 2.42 bits per heavy atom. The summed E-state index contributed by atoms with van der Waals surface area (Å²) in [4.78, 5) is 33.3. The summed E-state index contributed by atoms with van der Waals surface area (Å²) in [5.41, 5.74) is 0.776. The first kappa shape index (κ1) is 35.6. The van der Waals surface area contributed by atoms with E-state index in [1.165, 1.54) is 12.4 Å². The highest BCUT2D eigenvalue weighted by atomic mass is 35.5. The highest BCUT2D eigenvalue weighted by molar-refractivity contribution is 8.13. The lowest BCUT2D eigenvalue weighted by Crippen LogP contribution is -2.49. The van der Waals surface area contributed by atoms with Crippen LogP contribution >= 0.6 is 34.7 Å². The Bertz CT molecular complexity index is 1110. The summed E-state index contributed by atoms with van der Waals surface area (Å²) < 4.78 is 37.7. The van der Waals surface area contributed by atoms with Crippen molar-refractivity contribution in [2.45, 2.75) is 64.0 Å². The molecule has 4 N–H and O–H groups in total. The van der Waals surface area contributed by atoms with E-state index in [0.29, 0.717) is 10.0 Å². The minimum atomic E-state index is -4.36. The first-order valence-corrected chi connectivity index (χ1v) is 14.7. The summed E-state index contributed by atoms with van der Waals surface area (Å²) in [5.74, 6) is -1.21. The Kier molecular flexibility index (Phi) is 16.1. The molecule has 0 bridgehead atoms. The second-order valence-corrected chi connectivity index (χ2v) is 10.8. The van der Waals surface area contributed by atoms with E-state index in [-0.39, 0.29) is 28.9 Å². The third-order valence-electron chi connectivity index (χ3n) is 5.20. The van der Waals surface area contributed by atoms with Crippen molar-refractivity contribution in [3.05, 3.63) is 53.1 Å². The van der Waals surface area contributed by atoms with E-state index in [1.807, 2.05) is 6.92 Å². The van der Waals surface area contributed by atoms with Crippen LogP contribution in [0, 0.1) is 0 Å². The van der Waals surface area contributed by atoms with E-state index in [2.05, 4.69) is 27.2 Å². The summed E-state index contributed by atoms with van der Waals surface area (Å²) in [5, 5.41) is 25.2. The number of halogens is 4. The van der Waals surface area contributed by atoms with Crippen molar-refractivity contribution >= 4 is 51.6 Å². The summed E-state index contributed by atoms with van der Waals surface area (Å²) in [7, 11) is 0. The molecule has 0 fully saturated rings. The molecule has 1 aromatic heterocycles. The number of thiazole rings is 1. The fraction of sp³-hybridized carbons (Fsp3) is 0.462. The maximum Gasteiger partial charge on any atom is 0.389 e. The van der Waals surface area contributed by atoms with Crippen LogP contribution in [0.25, 0.3) is 10.6 Å². The third-order valence-corrected chi connectivity index (χ3v) is 7.27. The van der Waals surface area contributed by atoms with E-state index in [9.17, 15) is 27.9 Å². The maximum absolute atomic E-state index is 12.6. The van der Waals surface area contributed by atoms with Gasteiger partial charge in [0.1, 0.15) is 21.0 Å². The molecule has 0 saturated heterocycles. The normalized spacial score (nSPS) is 13.9. The Morgan fingerprint density at radius 1 is 1.27 bits per heavy atom. The monoisotopic (exact) mass is 622 g/mol. The number of thioether (sulfide) groups is 1. The van der Waals surface area contributed by atoms with Crippen LogP contribution in [0.3, 0.4) is 0 Å². The van der Waals surface area contributed by atoms with Gasteiger partial charge >= 0.3 is 6.18 Å². The standard InChI is InChI=1S/C22H24ClF3N4O3S2.C4H10O/c1-3-27-21(34-2)18(32)15(5-4-10-22(24,25)26)30-17(31)12-28-19(33)16-11-29-20(35-16)13-6-8-14(23)9-7-13;1-3-4(2)5/h3,6-9,11,15,18,32H,1,4-5,10,12H2,2H3,(H,28,33)(H,30,31);4-5H,3H2,1-2H3. The van der Waals surface area contributed by atoms with Crippen molar-refractivity contribution in [2.75, 3.05) is 12.8 Å². The number of carbonyl (C=O) groups is 2. The van der Waals surface area contributed by atoms with Gasteiger partial charge in [0.2, 0.25) is 5.91 Å². The molecule has 0 aliphatic rings. The van der Waals surface area contributed by atoms with E-state index in [1.54, 1.807) is 37.4 Å². The molecule has 222 valence electrons. The lowest BCUT2D eigenvalue weighted by Gasteiger charge is -2.25. The zero-order chi connectivity index (χ0) is 30.3. The summed E-state index contributed by atoms with van der Waals surface area (Å²) >= 11 is 8.08. The molecular formula is C26H34ClF3N4O4S2. The minimum absolute atomic E-state index is 0.116. The van der Waals surface area contributed by atoms with Gasteiger partial charge in [-0.15, -0.1) is 23.1 Å². The molecule has 3 atom stereocenters. The SMILES string of the molecule is C=CN=C(SC)C(O)C(CCCC(F)(F)F)NC(=O)CNC(=O)c1cnc(-c2ccc(Cl)cc2)s1.CCC(C)O. The summed E-state index contributed by atoms with van der Waals surface area (Å²) in [6, 6.07) is 5.89. The first-order chi connectivity index (χ1) is 18.8. The number of aliphatic hydroxyl groups excluding tert-OH is 2. The lowest BCUT2D eigenvalue weighted by atomic mass is 10.0. The van der Waals surface area contributed by atoms with Crippen molar-refractivity contribution in [1.29, 1.82) is 0 Å². The summed E-state index contributed by atoms with van der Waals surface area (Å²) in [6.45, 7) is 6.73. The van der Waals surface area contributed by atoms with E-state index in [4.69, 9.17) is 16.7 Å². The number of rotatable bonds is 12. The van der Waals surface area contributed by atoms with E-state index < -0.39 is 43.1 Å². The highest BCUT2D eigenvalue weighted by Crippen LogP contribution is 2.26. The number of aromatic nitrogens is 1. The van der Waals surface area contributed by atoms with E-state index >= 15 is 0 Å². The minimum Gasteiger partial charge on any atom is -0.393 e. The van der Waals surface area contributed by atoms with Crippen molar-refractivity contribution in [1.82, 2.24) is 15.6 Å². The zero-order valence-corrected chi connectivity index (χ0v) is 24.8. The molecule has 0 spiro atoms. The second kappa shape index (κ2) is 18.1. The van der Waals surface area contributed by atoms with E-state index in [0.717, 1.165) is 35.1 Å². The number of amides is 2. The number of carbonyl (C=O) groups excluding carboxylic acids is 2. The molecule has 2 amide bonds.